The molecule has 8 heteroatoms. The van der Waals surface area contributed by atoms with Crippen LogP contribution in [-0.4, -0.2) is 37.0 Å². The van der Waals surface area contributed by atoms with Gasteiger partial charge in [0.2, 0.25) is 5.91 Å². The Hall–Kier alpha value is -3.06. The summed E-state index contributed by atoms with van der Waals surface area (Å²) in [6.07, 6.45) is 7.92. The summed E-state index contributed by atoms with van der Waals surface area (Å²) in [4.78, 5) is 19.4. The largest absolute Gasteiger partial charge is 0.361 e. The summed E-state index contributed by atoms with van der Waals surface area (Å²) in [5, 5.41) is 9.76. The van der Waals surface area contributed by atoms with Gasteiger partial charge in [-0.1, -0.05) is 12.0 Å². The average Bonchev–Trinajstić information content (AvgIpc) is 3.12. The van der Waals surface area contributed by atoms with Gasteiger partial charge in [-0.3, -0.25) is 9.79 Å². The number of hydrogen-bond acceptors (Lipinski definition) is 2. The van der Waals surface area contributed by atoms with Gasteiger partial charge in [-0.15, -0.1) is 30.4 Å². The third-order valence-corrected chi connectivity index (χ3v) is 4.37. The van der Waals surface area contributed by atoms with Crippen LogP contribution in [0.1, 0.15) is 11.1 Å². The smallest absolute Gasteiger partial charge is 0.243 e. The van der Waals surface area contributed by atoms with Crippen molar-refractivity contribution in [2.45, 2.75) is 6.42 Å². The minimum Gasteiger partial charge on any atom is -0.361 e. The highest BCUT2D eigenvalue weighted by molar-refractivity contribution is 14.0. The molecule has 0 saturated heterocycles. The molecule has 1 amide bonds. The van der Waals surface area contributed by atoms with E-state index in [4.69, 9.17) is 6.42 Å². The molecule has 3 aromatic rings. The van der Waals surface area contributed by atoms with Gasteiger partial charge >= 0.3 is 0 Å². The minimum absolute atomic E-state index is 0. The molecule has 0 radical (unpaired) electrons. The number of aliphatic imine (C=N–C) groups is 1. The van der Waals surface area contributed by atoms with E-state index in [1.54, 1.807) is 37.4 Å². The molecule has 30 heavy (non-hydrogen) atoms. The fraction of sp³-hybridized carbons (Fsp3) is 0.182. The fourth-order valence-corrected chi connectivity index (χ4v) is 2.95. The molecule has 6 nitrogen and oxygen atoms in total. The lowest BCUT2D eigenvalue weighted by atomic mass is 10.1. The minimum atomic E-state index is -0.262. The molecule has 0 unspecified atom stereocenters. The molecule has 156 valence electrons. The van der Waals surface area contributed by atoms with Crippen molar-refractivity contribution in [1.82, 2.24) is 15.6 Å². The number of rotatable bonds is 6. The summed E-state index contributed by atoms with van der Waals surface area (Å²) in [7, 11) is 1.63. The third-order valence-electron chi connectivity index (χ3n) is 4.37. The molecule has 0 aliphatic carbocycles. The first kappa shape index (κ1) is 23.2. The van der Waals surface area contributed by atoms with Crippen LogP contribution in [0.2, 0.25) is 0 Å². The number of nitrogens with one attached hydrogen (secondary N) is 4. The lowest BCUT2D eigenvalue weighted by Crippen LogP contribution is -2.42. The maximum Gasteiger partial charge on any atom is 0.243 e. The van der Waals surface area contributed by atoms with Crippen LogP contribution < -0.4 is 16.0 Å². The van der Waals surface area contributed by atoms with E-state index in [9.17, 15) is 9.18 Å². The number of aromatic nitrogens is 1. The van der Waals surface area contributed by atoms with Gasteiger partial charge in [-0.05, 0) is 48.4 Å². The van der Waals surface area contributed by atoms with Gasteiger partial charge in [0.05, 0.1) is 6.54 Å². The summed E-state index contributed by atoms with van der Waals surface area (Å²) < 4.78 is 13.5. The first-order chi connectivity index (χ1) is 14.1. The van der Waals surface area contributed by atoms with E-state index in [1.807, 2.05) is 6.20 Å². The van der Waals surface area contributed by atoms with E-state index in [0.29, 0.717) is 30.2 Å². The Labute approximate surface area is 191 Å². The number of aromatic amines is 1. The predicted octanol–water partition coefficient (Wildman–Crippen LogP) is 3.25. The average molecular weight is 519 g/mol. The molecule has 0 aliphatic rings. The predicted molar refractivity (Wildman–Crippen MR) is 130 cm³/mol. The van der Waals surface area contributed by atoms with Crippen molar-refractivity contribution >= 4 is 52.4 Å². The van der Waals surface area contributed by atoms with Crippen LogP contribution in [0.25, 0.3) is 10.9 Å². The maximum atomic E-state index is 13.5. The van der Waals surface area contributed by atoms with Crippen LogP contribution >= 0.6 is 24.0 Å². The third kappa shape index (κ3) is 6.22. The number of nitrogens with zero attached hydrogens (tertiary/aromatic N) is 1. The molecular formula is C22H23FIN5O. The Morgan fingerprint density at radius 3 is 2.83 bits per heavy atom. The second-order valence-electron chi connectivity index (χ2n) is 6.38. The van der Waals surface area contributed by atoms with Crippen molar-refractivity contribution < 1.29 is 9.18 Å². The molecule has 0 bridgehead atoms. The lowest BCUT2D eigenvalue weighted by molar-refractivity contribution is -0.115. The van der Waals surface area contributed by atoms with Gasteiger partial charge in [0, 0.05) is 41.9 Å². The fourth-order valence-electron chi connectivity index (χ4n) is 2.95. The van der Waals surface area contributed by atoms with Gasteiger partial charge < -0.3 is 20.9 Å². The molecule has 0 saturated carbocycles. The number of guanidine groups is 1. The number of H-pyrrole nitrogens is 1. The summed E-state index contributed by atoms with van der Waals surface area (Å²) in [5.74, 6) is 2.56. The van der Waals surface area contributed by atoms with Gasteiger partial charge in [0.1, 0.15) is 5.82 Å². The number of carbonyl (C=O) groups excluding carboxylic acids is 1. The maximum absolute atomic E-state index is 13.5. The molecule has 3 rings (SSSR count). The second-order valence-corrected chi connectivity index (χ2v) is 6.38. The van der Waals surface area contributed by atoms with E-state index in [2.05, 4.69) is 31.8 Å². The van der Waals surface area contributed by atoms with Crippen molar-refractivity contribution in [2.75, 3.05) is 25.5 Å². The number of benzene rings is 2. The van der Waals surface area contributed by atoms with Crippen LogP contribution in [-0.2, 0) is 11.2 Å². The Morgan fingerprint density at radius 1 is 1.23 bits per heavy atom. The molecule has 0 atom stereocenters. The number of hydrogen-bond donors (Lipinski definition) is 4. The molecular weight excluding hydrogens is 496 g/mol. The van der Waals surface area contributed by atoms with E-state index in [-0.39, 0.29) is 42.2 Å². The quantitative estimate of drug-likeness (QED) is 0.175. The summed E-state index contributed by atoms with van der Waals surface area (Å²) in [6, 6.07) is 11.8. The molecule has 1 heterocycles. The van der Waals surface area contributed by atoms with Crippen LogP contribution in [0.15, 0.2) is 53.7 Å². The highest BCUT2D eigenvalue weighted by atomic mass is 127. The molecule has 4 N–H and O–H groups in total. The zero-order chi connectivity index (χ0) is 20.6. The highest BCUT2D eigenvalue weighted by Crippen LogP contribution is 2.19. The second kappa shape index (κ2) is 11.2. The molecule has 0 aliphatic heterocycles. The van der Waals surface area contributed by atoms with Crippen molar-refractivity contribution in [3.63, 3.8) is 0 Å². The molecule has 0 fully saturated rings. The van der Waals surface area contributed by atoms with Crippen LogP contribution in [0.3, 0.4) is 0 Å². The number of anilines is 1. The van der Waals surface area contributed by atoms with Crippen molar-refractivity contribution in [2.24, 2.45) is 4.99 Å². The zero-order valence-corrected chi connectivity index (χ0v) is 18.8. The zero-order valence-electron chi connectivity index (χ0n) is 16.5. The number of amides is 1. The van der Waals surface area contributed by atoms with Crippen molar-refractivity contribution in [3.05, 3.63) is 65.6 Å². The van der Waals surface area contributed by atoms with Crippen molar-refractivity contribution in [1.29, 1.82) is 0 Å². The number of fused-ring (bicyclic) bond motifs is 1. The Bertz CT molecular complexity index is 1090. The topological polar surface area (TPSA) is 81.3 Å². The number of terminal acetylenes is 1. The van der Waals surface area contributed by atoms with E-state index < -0.39 is 0 Å². The van der Waals surface area contributed by atoms with Crippen molar-refractivity contribution in [3.8, 4) is 12.3 Å². The summed E-state index contributed by atoms with van der Waals surface area (Å²) in [6.45, 7) is 0.632. The normalized spacial score (nSPS) is 10.8. The first-order valence-electron chi connectivity index (χ1n) is 9.15. The molecule has 2 aromatic carbocycles. The summed E-state index contributed by atoms with van der Waals surface area (Å²) in [5.41, 5.74) is 3.25. The summed E-state index contributed by atoms with van der Waals surface area (Å²) >= 11 is 0. The highest BCUT2D eigenvalue weighted by Gasteiger charge is 2.07. The number of halogens is 2. The van der Waals surface area contributed by atoms with E-state index in [1.165, 1.54) is 12.1 Å². The SMILES string of the molecule is C#Cc1cccc(NC(=O)CNC(=NC)NCCc2c[nH]c3ccc(F)cc23)c1.I. The Balaban J connectivity index is 0.00000320. The Kier molecular flexibility index (Phi) is 8.68. The standard InChI is InChI=1S/C22H22FN5O.HI/c1-3-15-5-4-6-18(11-15)28-21(29)14-27-22(24-2)25-10-9-16-13-26-20-8-7-17(23)12-19(16)20;/h1,4-8,11-13,26H,9-10,14H2,2H3,(H,28,29)(H2,24,25,27);1H. The van der Waals surface area contributed by atoms with Gasteiger partial charge in [0.25, 0.3) is 0 Å². The van der Waals surface area contributed by atoms with E-state index >= 15 is 0 Å². The molecule has 0 spiro atoms. The lowest BCUT2D eigenvalue weighted by Gasteiger charge is -2.12. The van der Waals surface area contributed by atoms with Gasteiger partial charge in [-0.25, -0.2) is 4.39 Å². The van der Waals surface area contributed by atoms with Crippen LogP contribution in [0.5, 0.6) is 0 Å². The first-order valence-corrected chi connectivity index (χ1v) is 9.15. The molecule has 1 aromatic heterocycles. The van der Waals surface area contributed by atoms with Gasteiger partial charge in [-0.2, -0.15) is 0 Å². The number of carbonyl (C=O) groups is 1. The monoisotopic (exact) mass is 519 g/mol. The van der Waals surface area contributed by atoms with Crippen LogP contribution in [0, 0.1) is 18.2 Å². The van der Waals surface area contributed by atoms with Gasteiger partial charge in [0.15, 0.2) is 5.96 Å². The van der Waals surface area contributed by atoms with Crippen LogP contribution in [0.4, 0.5) is 10.1 Å². The van der Waals surface area contributed by atoms with E-state index in [0.717, 1.165) is 16.5 Å². The Morgan fingerprint density at radius 2 is 2.07 bits per heavy atom.